The topological polar surface area (TPSA) is 64.8 Å². The van der Waals surface area contributed by atoms with Crippen LogP contribution < -0.4 is 5.73 Å². The zero-order chi connectivity index (χ0) is 14.1. The van der Waals surface area contributed by atoms with Gasteiger partial charge in [-0.2, -0.15) is 0 Å². The Hall–Kier alpha value is -1.30. The smallest absolute Gasteiger partial charge is 0.254 e. The van der Waals surface area contributed by atoms with Gasteiger partial charge in [0.25, 0.3) is 5.91 Å². The van der Waals surface area contributed by atoms with Gasteiger partial charge in [0.2, 0.25) is 0 Å². The number of anilines is 1. The summed E-state index contributed by atoms with van der Waals surface area (Å²) in [5, 5.41) is 0. The SMILES string of the molecule is COCCCN(CCOC)C(=O)c1cccc(N)c1.Cl. The van der Waals surface area contributed by atoms with Crippen LogP contribution in [0, 0.1) is 0 Å². The van der Waals surface area contributed by atoms with E-state index in [2.05, 4.69) is 0 Å². The Bertz CT molecular complexity index is 402. The molecule has 1 amide bonds. The predicted molar refractivity (Wildman–Crippen MR) is 82.4 cm³/mol. The lowest BCUT2D eigenvalue weighted by atomic mass is 10.1. The van der Waals surface area contributed by atoms with Gasteiger partial charge in [0.1, 0.15) is 0 Å². The molecule has 1 aromatic rings. The summed E-state index contributed by atoms with van der Waals surface area (Å²) in [6.45, 7) is 2.35. The molecule has 114 valence electrons. The first-order valence-electron chi connectivity index (χ1n) is 6.31. The molecule has 0 aliphatic carbocycles. The van der Waals surface area contributed by atoms with Gasteiger partial charge in [-0.3, -0.25) is 4.79 Å². The Kier molecular flexibility index (Phi) is 9.80. The van der Waals surface area contributed by atoms with Gasteiger partial charge in [-0.1, -0.05) is 6.07 Å². The van der Waals surface area contributed by atoms with E-state index in [1.54, 1.807) is 43.4 Å². The largest absolute Gasteiger partial charge is 0.399 e. The van der Waals surface area contributed by atoms with E-state index in [1.165, 1.54) is 0 Å². The Morgan fingerprint density at radius 3 is 2.50 bits per heavy atom. The minimum Gasteiger partial charge on any atom is -0.399 e. The molecule has 1 aromatic carbocycles. The molecule has 0 bridgehead atoms. The Labute approximate surface area is 126 Å². The van der Waals surface area contributed by atoms with Crippen LogP contribution in [0.15, 0.2) is 24.3 Å². The lowest BCUT2D eigenvalue weighted by Crippen LogP contribution is -2.35. The van der Waals surface area contributed by atoms with Crippen LogP contribution in [0.4, 0.5) is 5.69 Å². The molecule has 2 N–H and O–H groups in total. The number of nitrogens with two attached hydrogens (primary N) is 1. The van der Waals surface area contributed by atoms with Crippen LogP contribution in [0.25, 0.3) is 0 Å². The average molecular weight is 303 g/mol. The summed E-state index contributed by atoms with van der Waals surface area (Å²) in [6, 6.07) is 7.01. The lowest BCUT2D eigenvalue weighted by Gasteiger charge is -2.22. The van der Waals surface area contributed by atoms with E-state index in [1.807, 2.05) is 0 Å². The van der Waals surface area contributed by atoms with Gasteiger partial charge in [-0.05, 0) is 24.6 Å². The number of halogens is 1. The number of ether oxygens (including phenoxy) is 2. The van der Waals surface area contributed by atoms with Crippen molar-refractivity contribution in [1.82, 2.24) is 4.90 Å². The van der Waals surface area contributed by atoms with Crippen molar-refractivity contribution in [3.63, 3.8) is 0 Å². The molecule has 0 aromatic heterocycles. The molecular formula is C14H23ClN2O3. The van der Waals surface area contributed by atoms with Crippen LogP contribution >= 0.6 is 12.4 Å². The van der Waals surface area contributed by atoms with Crippen LogP contribution in [0.2, 0.25) is 0 Å². The summed E-state index contributed by atoms with van der Waals surface area (Å²) in [7, 11) is 3.28. The molecule has 0 heterocycles. The number of carbonyl (C=O) groups is 1. The second kappa shape index (κ2) is 10.5. The van der Waals surface area contributed by atoms with E-state index in [9.17, 15) is 4.79 Å². The van der Waals surface area contributed by atoms with Gasteiger partial charge >= 0.3 is 0 Å². The molecule has 1 rings (SSSR count). The number of methoxy groups -OCH3 is 2. The quantitative estimate of drug-likeness (QED) is 0.587. The standard InChI is InChI=1S/C14H22N2O3.ClH/c1-18-9-4-7-16(8-10-19-2)14(17)12-5-3-6-13(15)11-12;/h3,5-6,11H,4,7-10,15H2,1-2H3;1H. The minimum atomic E-state index is -0.0274. The Morgan fingerprint density at radius 1 is 1.20 bits per heavy atom. The summed E-state index contributed by atoms with van der Waals surface area (Å²) in [4.78, 5) is 14.1. The Morgan fingerprint density at radius 2 is 1.90 bits per heavy atom. The van der Waals surface area contributed by atoms with Crippen molar-refractivity contribution in [3.8, 4) is 0 Å². The predicted octanol–water partition coefficient (Wildman–Crippen LogP) is 1.82. The van der Waals surface area contributed by atoms with Gasteiger partial charge in [-0.25, -0.2) is 0 Å². The summed E-state index contributed by atoms with van der Waals surface area (Å²) in [6.07, 6.45) is 0.800. The van der Waals surface area contributed by atoms with Gasteiger partial charge in [-0.15, -0.1) is 12.4 Å². The van der Waals surface area contributed by atoms with E-state index in [-0.39, 0.29) is 18.3 Å². The number of hydrogen-bond acceptors (Lipinski definition) is 4. The number of amides is 1. The number of nitrogen functional groups attached to an aromatic ring is 1. The van der Waals surface area contributed by atoms with Gasteiger partial charge in [0, 0.05) is 45.2 Å². The van der Waals surface area contributed by atoms with Gasteiger partial charge in [0.05, 0.1) is 6.61 Å². The van der Waals surface area contributed by atoms with Crippen molar-refractivity contribution in [2.75, 3.05) is 46.3 Å². The molecule has 0 atom stereocenters. The highest BCUT2D eigenvalue weighted by molar-refractivity contribution is 5.95. The number of hydrogen-bond donors (Lipinski definition) is 1. The zero-order valence-corrected chi connectivity index (χ0v) is 12.8. The lowest BCUT2D eigenvalue weighted by molar-refractivity contribution is 0.0674. The van der Waals surface area contributed by atoms with Crippen LogP contribution in [0.5, 0.6) is 0 Å². The first-order valence-corrected chi connectivity index (χ1v) is 6.31. The fraction of sp³-hybridized carbons (Fsp3) is 0.500. The first-order chi connectivity index (χ1) is 9.19. The monoisotopic (exact) mass is 302 g/mol. The highest BCUT2D eigenvalue weighted by Crippen LogP contribution is 2.10. The maximum atomic E-state index is 12.4. The molecular weight excluding hydrogens is 280 g/mol. The summed E-state index contributed by atoms with van der Waals surface area (Å²) in [5.41, 5.74) is 6.90. The van der Waals surface area contributed by atoms with Crippen molar-refractivity contribution in [3.05, 3.63) is 29.8 Å². The molecule has 0 saturated carbocycles. The van der Waals surface area contributed by atoms with E-state index in [0.29, 0.717) is 37.6 Å². The molecule has 0 fully saturated rings. The molecule has 0 saturated heterocycles. The molecule has 0 unspecified atom stereocenters. The van der Waals surface area contributed by atoms with Crippen molar-refractivity contribution in [2.24, 2.45) is 0 Å². The van der Waals surface area contributed by atoms with Crippen molar-refractivity contribution in [1.29, 1.82) is 0 Å². The highest BCUT2D eigenvalue weighted by Gasteiger charge is 2.15. The van der Waals surface area contributed by atoms with Crippen LogP contribution in [-0.2, 0) is 9.47 Å². The summed E-state index contributed by atoms with van der Waals surface area (Å²) in [5.74, 6) is -0.0274. The van der Waals surface area contributed by atoms with Crippen molar-refractivity contribution >= 4 is 24.0 Å². The molecule has 0 radical (unpaired) electrons. The van der Waals surface area contributed by atoms with Gasteiger partial charge in [0.15, 0.2) is 0 Å². The van der Waals surface area contributed by atoms with Crippen LogP contribution in [-0.4, -0.2) is 51.3 Å². The minimum absolute atomic E-state index is 0. The molecule has 5 nitrogen and oxygen atoms in total. The summed E-state index contributed by atoms with van der Waals surface area (Å²) < 4.78 is 10.1. The highest BCUT2D eigenvalue weighted by atomic mass is 35.5. The maximum Gasteiger partial charge on any atom is 0.254 e. The number of benzene rings is 1. The number of rotatable bonds is 8. The molecule has 20 heavy (non-hydrogen) atoms. The van der Waals surface area contributed by atoms with E-state index >= 15 is 0 Å². The van der Waals surface area contributed by atoms with E-state index in [4.69, 9.17) is 15.2 Å². The van der Waals surface area contributed by atoms with Gasteiger partial charge < -0.3 is 20.1 Å². The second-order valence-electron chi connectivity index (χ2n) is 4.26. The fourth-order valence-corrected chi connectivity index (χ4v) is 1.77. The fourth-order valence-electron chi connectivity index (χ4n) is 1.77. The second-order valence-corrected chi connectivity index (χ2v) is 4.26. The summed E-state index contributed by atoms with van der Waals surface area (Å²) >= 11 is 0. The van der Waals surface area contributed by atoms with E-state index < -0.39 is 0 Å². The number of carbonyl (C=O) groups excluding carboxylic acids is 1. The first kappa shape index (κ1) is 18.7. The third-order valence-corrected chi connectivity index (χ3v) is 2.76. The molecule has 0 aliphatic rings. The molecule has 0 aliphatic heterocycles. The van der Waals surface area contributed by atoms with Crippen molar-refractivity contribution < 1.29 is 14.3 Å². The zero-order valence-electron chi connectivity index (χ0n) is 12.0. The third kappa shape index (κ3) is 6.23. The average Bonchev–Trinajstić information content (AvgIpc) is 2.42. The third-order valence-electron chi connectivity index (χ3n) is 2.76. The maximum absolute atomic E-state index is 12.4. The number of nitrogens with zero attached hydrogens (tertiary/aromatic N) is 1. The Balaban J connectivity index is 0.00000361. The molecule has 6 heteroatoms. The van der Waals surface area contributed by atoms with Crippen molar-refractivity contribution in [2.45, 2.75) is 6.42 Å². The van der Waals surface area contributed by atoms with E-state index in [0.717, 1.165) is 6.42 Å². The molecule has 0 spiro atoms. The van der Waals surface area contributed by atoms with Crippen LogP contribution in [0.1, 0.15) is 16.8 Å². The van der Waals surface area contributed by atoms with Crippen LogP contribution in [0.3, 0.4) is 0 Å². The normalized spacial score (nSPS) is 9.90.